The number of carbonyl (C=O) groups is 1. The number of carbonyl (C=O) groups excluding carboxylic acids is 1. The molecule has 0 saturated carbocycles. The van der Waals surface area contributed by atoms with Gasteiger partial charge in [-0.3, -0.25) is 19.4 Å². The van der Waals surface area contributed by atoms with E-state index in [0.717, 1.165) is 11.1 Å². The molecule has 2 N–H and O–H groups in total. The molecule has 2 heterocycles. The van der Waals surface area contributed by atoms with E-state index in [-0.39, 0.29) is 23.4 Å². The number of hydrogen-bond acceptors (Lipinski definition) is 2. The first-order valence-corrected chi connectivity index (χ1v) is 7.18. The van der Waals surface area contributed by atoms with Crippen LogP contribution in [0.15, 0.2) is 29.1 Å². The molecule has 0 aliphatic carbocycles. The van der Waals surface area contributed by atoms with Gasteiger partial charge in [0.25, 0.3) is 5.56 Å². The quantitative estimate of drug-likeness (QED) is 0.890. The van der Waals surface area contributed by atoms with Crippen molar-refractivity contribution in [2.45, 2.75) is 39.2 Å². The molecular weight excluding hydrogens is 266 g/mol. The van der Waals surface area contributed by atoms with Crippen LogP contribution >= 0.6 is 0 Å². The Kier molecular flexibility index (Phi) is 3.20. The first-order valence-electron chi connectivity index (χ1n) is 7.18. The lowest BCUT2D eigenvalue weighted by Gasteiger charge is -2.24. The number of rotatable bonds is 2. The van der Waals surface area contributed by atoms with Gasteiger partial charge in [0.05, 0.1) is 5.56 Å². The molecule has 2 aromatic rings. The maximum atomic E-state index is 12.3. The third-order valence-electron chi connectivity index (χ3n) is 3.92. The minimum absolute atomic E-state index is 0.0533. The van der Waals surface area contributed by atoms with Crippen molar-refractivity contribution in [3.8, 4) is 0 Å². The fourth-order valence-corrected chi connectivity index (χ4v) is 2.94. The third kappa shape index (κ3) is 2.28. The molecule has 0 saturated heterocycles. The van der Waals surface area contributed by atoms with Gasteiger partial charge in [-0.15, -0.1) is 0 Å². The number of H-pyrrole nitrogens is 1. The average Bonchev–Trinajstić information content (AvgIpc) is 2.75. The summed E-state index contributed by atoms with van der Waals surface area (Å²) in [7, 11) is 0. The molecule has 1 atom stereocenters. The topological polar surface area (TPSA) is 66.9 Å². The molecule has 0 unspecified atom stereocenters. The van der Waals surface area contributed by atoms with Crippen LogP contribution in [0.5, 0.6) is 0 Å². The van der Waals surface area contributed by atoms with Gasteiger partial charge in [-0.05, 0) is 26.3 Å². The highest BCUT2D eigenvalue weighted by Crippen LogP contribution is 2.35. The number of nitrogens with zero attached hydrogens (tertiary/aromatic N) is 1. The number of benzene rings is 1. The average molecular weight is 285 g/mol. The zero-order valence-electron chi connectivity index (χ0n) is 12.4. The van der Waals surface area contributed by atoms with Crippen molar-refractivity contribution in [2.75, 3.05) is 5.32 Å². The van der Waals surface area contributed by atoms with Gasteiger partial charge in [-0.25, -0.2) is 0 Å². The van der Waals surface area contributed by atoms with Crippen LogP contribution in [0.4, 0.5) is 5.82 Å². The van der Waals surface area contributed by atoms with Gasteiger partial charge in [0.15, 0.2) is 0 Å². The number of aryl methyl sites for hydroxylation is 1. The van der Waals surface area contributed by atoms with Crippen molar-refractivity contribution >= 4 is 11.7 Å². The standard InChI is InChI=1S/C16H19N3O2/c1-9(2)19-15-14(16(21)18-19)12(8-13(20)17-15)11-6-4-5-10(3)7-11/h4-7,9,12H,8H2,1-3H3,(H,17,20)(H,18,21)/t12-/m1/s1. The van der Waals surface area contributed by atoms with Crippen molar-refractivity contribution in [3.05, 3.63) is 51.3 Å². The fourth-order valence-electron chi connectivity index (χ4n) is 2.94. The molecule has 1 aromatic carbocycles. The second kappa shape index (κ2) is 4.91. The Morgan fingerprint density at radius 3 is 2.71 bits per heavy atom. The van der Waals surface area contributed by atoms with Crippen LogP contribution in [0.2, 0.25) is 0 Å². The first-order chi connectivity index (χ1) is 9.97. The fraction of sp³-hybridized carbons (Fsp3) is 0.375. The Morgan fingerprint density at radius 2 is 2.05 bits per heavy atom. The van der Waals surface area contributed by atoms with Gasteiger partial charge in [0, 0.05) is 18.4 Å². The summed E-state index contributed by atoms with van der Waals surface area (Å²) < 4.78 is 1.73. The molecule has 1 aliphatic heterocycles. The van der Waals surface area contributed by atoms with Gasteiger partial charge >= 0.3 is 0 Å². The molecule has 1 amide bonds. The molecule has 1 aromatic heterocycles. The van der Waals surface area contributed by atoms with Crippen LogP contribution in [0, 0.1) is 6.92 Å². The number of aromatic nitrogens is 2. The van der Waals surface area contributed by atoms with E-state index >= 15 is 0 Å². The van der Waals surface area contributed by atoms with Gasteiger partial charge in [-0.2, -0.15) is 0 Å². The molecule has 0 radical (unpaired) electrons. The van der Waals surface area contributed by atoms with E-state index in [1.54, 1.807) is 4.68 Å². The van der Waals surface area contributed by atoms with Crippen LogP contribution < -0.4 is 10.9 Å². The molecule has 0 spiro atoms. The smallest absolute Gasteiger partial charge is 0.270 e. The number of nitrogens with one attached hydrogen (secondary N) is 2. The third-order valence-corrected chi connectivity index (χ3v) is 3.92. The zero-order valence-corrected chi connectivity index (χ0v) is 12.4. The summed E-state index contributed by atoms with van der Waals surface area (Å²) in [4.78, 5) is 24.4. The largest absolute Gasteiger partial charge is 0.311 e. The highest BCUT2D eigenvalue weighted by Gasteiger charge is 2.32. The highest BCUT2D eigenvalue weighted by molar-refractivity contribution is 5.94. The maximum Gasteiger partial charge on any atom is 0.270 e. The summed E-state index contributed by atoms with van der Waals surface area (Å²) in [5.74, 6) is 0.373. The van der Waals surface area contributed by atoms with Crippen LogP contribution in [0.3, 0.4) is 0 Å². The Balaban J connectivity index is 2.18. The Labute approximate surface area is 123 Å². The predicted octanol–water partition coefficient (Wildman–Crippen LogP) is 2.54. The second-order valence-electron chi connectivity index (χ2n) is 5.89. The van der Waals surface area contributed by atoms with Crippen LogP contribution in [-0.2, 0) is 4.79 Å². The Morgan fingerprint density at radius 1 is 1.29 bits per heavy atom. The molecule has 110 valence electrons. The summed E-state index contributed by atoms with van der Waals surface area (Å²) in [6.45, 7) is 5.95. The molecule has 1 aliphatic rings. The Bertz CT molecular complexity index is 755. The SMILES string of the molecule is Cc1cccc([C@H]2CC(=O)Nc3c2c(=O)[nH]n3C(C)C)c1. The normalized spacial score (nSPS) is 17.7. The Hall–Kier alpha value is -2.30. The lowest BCUT2D eigenvalue weighted by molar-refractivity contribution is -0.116. The number of aromatic amines is 1. The van der Waals surface area contributed by atoms with E-state index < -0.39 is 0 Å². The maximum absolute atomic E-state index is 12.3. The van der Waals surface area contributed by atoms with Crippen molar-refractivity contribution in [2.24, 2.45) is 0 Å². The predicted molar refractivity (Wildman–Crippen MR) is 81.7 cm³/mol. The number of amides is 1. The van der Waals surface area contributed by atoms with Crippen LogP contribution in [0.1, 0.15) is 48.9 Å². The number of hydrogen-bond donors (Lipinski definition) is 2. The lowest BCUT2D eigenvalue weighted by atomic mass is 9.86. The molecule has 21 heavy (non-hydrogen) atoms. The van der Waals surface area contributed by atoms with Gasteiger partial charge in [0.2, 0.25) is 5.91 Å². The molecule has 5 nitrogen and oxygen atoms in total. The van der Waals surface area contributed by atoms with E-state index in [1.165, 1.54) is 0 Å². The molecule has 3 rings (SSSR count). The van der Waals surface area contributed by atoms with E-state index in [0.29, 0.717) is 17.8 Å². The number of anilines is 1. The minimum atomic E-state index is -0.183. The summed E-state index contributed by atoms with van der Waals surface area (Å²) in [6.07, 6.45) is 0.307. The van der Waals surface area contributed by atoms with Crippen LogP contribution in [-0.4, -0.2) is 15.7 Å². The lowest BCUT2D eigenvalue weighted by Crippen LogP contribution is -2.27. The first kappa shape index (κ1) is 13.7. The molecule has 5 heteroatoms. The zero-order chi connectivity index (χ0) is 15.1. The summed E-state index contributed by atoms with van der Waals surface area (Å²) >= 11 is 0. The van der Waals surface area contributed by atoms with Crippen molar-refractivity contribution in [3.63, 3.8) is 0 Å². The van der Waals surface area contributed by atoms with Gasteiger partial charge in [-0.1, -0.05) is 29.8 Å². The molecular formula is C16H19N3O2. The van der Waals surface area contributed by atoms with Crippen molar-refractivity contribution in [1.82, 2.24) is 9.78 Å². The van der Waals surface area contributed by atoms with E-state index in [2.05, 4.69) is 10.4 Å². The van der Waals surface area contributed by atoms with Crippen LogP contribution in [0.25, 0.3) is 0 Å². The van der Waals surface area contributed by atoms with E-state index in [4.69, 9.17) is 0 Å². The van der Waals surface area contributed by atoms with E-state index in [9.17, 15) is 9.59 Å². The van der Waals surface area contributed by atoms with Gasteiger partial charge in [0.1, 0.15) is 5.82 Å². The molecule has 0 fully saturated rings. The van der Waals surface area contributed by atoms with Crippen molar-refractivity contribution < 1.29 is 4.79 Å². The monoisotopic (exact) mass is 285 g/mol. The van der Waals surface area contributed by atoms with Crippen molar-refractivity contribution in [1.29, 1.82) is 0 Å². The highest BCUT2D eigenvalue weighted by atomic mass is 16.2. The molecule has 0 bridgehead atoms. The van der Waals surface area contributed by atoms with E-state index in [1.807, 2.05) is 45.0 Å². The van der Waals surface area contributed by atoms with Gasteiger partial charge < -0.3 is 5.32 Å². The summed E-state index contributed by atoms with van der Waals surface area (Å²) in [5, 5.41) is 5.67. The minimum Gasteiger partial charge on any atom is -0.311 e. The summed E-state index contributed by atoms with van der Waals surface area (Å²) in [5.41, 5.74) is 2.68. The number of fused-ring (bicyclic) bond motifs is 1. The summed E-state index contributed by atoms with van der Waals surface area (Å²) in [6, 6.07) is 8.07. The second-order valence-corrected chi connectivity index (χ2v) is 5.89.